The fourth-order valence-corrected chi connectivity index (χ4v) is 2.47. The number of nitrogens with one attached hydrogen (secondary N) is 1. The van der Waals surface area contributed by atoms with Crippen LogP contribution in [0.3, 0.4) is 0 Å². The van der Waals surface area contributed by atoms with E-state index in [9.17, 15) is 4.79 Å². The van der Waals surface area contributed by atoms with Crippen LogP contribution in [0.15, 0.2) is 53.8 Å². The number of fused-ring (bicyclic) bond motifs is 1. The van der Waals surface area contributed by atoms with Gasteiger partial charge in [0.25, 0.3) is 5.91 Å². The Morgan fingerprint density at radius 1 is 1.29 bits per heavy atom. The van der Waals surface area contributed by atoms with Crippen LogP contribution in [-0.2, 0) is 0 Å². The van der Waals surface area contributed by atoms with Gasteiger partial charge in [0.1, 0.15) is 17.1 Å². The Labute approximate surface area is 139 Å². The topological polar surface area (TPSA) is 68.0 Å². The molecule has 6 nitrogen and oxygen atoms in total. The molecule has 0 unspecified atom stereocenters. The molecule has 2 heterocycles. The van der Waals surface area contributed by atoms with E-state index in [2.05, 4.69) is 15.5 Å². The predicted molar refractivity (Wildman–Crippen MR) is 92.6 cm³/mol. The molecule has 0 radical (unpaired) electrons. The van der Waals surface area contributed by atoms with Gasteiger partial charge in [0.05, 0.1) is 18.5 Å². The standard InChI is InChI=1S/C18H18N4O2/c1-3-24-15-9-5-4-8-14(15)12-19-21-18(23)17-13(2)20-16-10-6-7-11-22(16)17/h4-12H,3H2,1-2H3,(H,21,23)/b19-12-. The number of benzene rings is 1. The van der Waals surface area contributed by atoms with Gasteiger partial charge in [-0.1, -0.05) is 18.2 Å². The minimum absolute atomic E-state index is 0.309. The first-order valence-electron chi connectivity index (χ1n) is 7.69. The summed E-state index contributed by atoms with van der Waals surface area (Å²) in [6.45, 7) is 4.29. The lowest BCUT2D eigenvalue weighted by Crippen LogP contribution is -2.20. The van der Waals surface area contributed by atoms with Crippen LogP contribution in [0.5, 0.6) is 5.75 Å². The van der Waals surface area contributed by atoms with Gasteiger partial charge >= 0.3 is 0 Å². The molecule has 0 saturated carbocycles. The Kier molecular flexibility index (Phi) is 4.56. The Morgan fingerprint density at radius 2 is 2.08 bits per heavy atom. The van der Waals surface area contributed by atoms with Gasteiger partial charge in [0.2, 0.25) is 0 Å². The lowest BCUT2D eigenvalue weighted by atomic mass is 10.2. The van der Waals surface area contributed by atoms with Crippen molar-refractivity contribution in [2.45, 2.75) is 13.8 Å². The zero-order valence-electron chi connectivity index (χ0n) is 13.6. The lowest BCUT2D eigenvalue weighted by Gasteiger charge is -2.06. The fraction of sp³-hybridized carbons (Fsp3) is 0.167. The van der Waals surface area contributed by atoms with E-state index in [0.29, 0.717) is 18.0 Å². The molecule has 0 atom stereocenters. The number of ether oxygens (including phenoxy) is 1. The Morgan fingerprint density at radius 3 is 2.92 bits per heavy atom. The van der Waals surface area contributed by atoms with E-state index in [1.165, 1.54) is 0 Å². The molecule has 3 aromatic rings. The first kappa shape index (κ1) is 15.7. The van der Waals surface area contributed by atoms with Crippen molar-refractivity contribution in [3.05, 3.63) is 65.6 Å². The maximum Gasteiger partial charge on any atom is 0.290 e. The average molecular weight is 322 g/mol. The van der Waals surface area contributed by atoms with Crippen molar-refractivity contribution in [3.8, 4) is 5.75 Å². The summed E-state index contributed by atoms with van der Waals surface area (Å²) in [6, 6.07) is 13.1. The number of imidazole rings is 1. The smallest absolute Gasteiger partial charge is 0.290 e. The van der Waals surface area contributed by atoms with E-state index in [0.717, 1.165) is 17.0 Å². The number of hydrogen-bond acceptors (Lipinski definition) is 4. The lowest BCUT2D eigenvalue weighted by molar-refractivity contribution is 0.0948. The monoisotopic (exact) mass is 322 g/mol. The highest BCUT2D eigenvalue weighted by atomic mass is 16.5. The molecule has 122 valence electrons. The third-order valence-electron chi connectivity index (χ3n) is 3.51. The molecule has 0 aliphatic heterocycles. The summed E-state index contributed by atoms with van der Waals surface area (Å²) in [4.78, 5) is 16.8. The summed E-state index contributed by atoms with van der Waals surface area (Å²) in [5.41, 5.74) is 5.21. The van der Waals surface area contributed by atoms with Crippen LogP contribution in [0.2, 0.25) is 0 Å². The molecule has 1 aromatic carbocycles. The van der Waals surface area contributed by atoms with E-state index >= 15 is 0 Å². The number of aryl methyl sites for hydroxylation is 1. The summed E-state index contributed by atoms with van der Waals surface area (Å²) in [7, 11) is 0. The van der Waals surface area contributed by atoms with Crippen LogP contribution in [-0.4, -0.2) is 28.1 Å². The van der Waals surface area contributed by atoms with Crippen LogP contribution >= 0.6 is 0 Å². The van der Waals surface area contributed by atoms with Crippen molar-refractivity contribution < 1.29 is 9.53 Å². The first-order chi connectivity index (χ1) is 11.7. The van der Waals surface area contributed by atoms with E-state index in [4.69, 9.17) is 4.74 Å². The number of para-hydroxylation sites is 1. The molecule has 24 heavy (non-hydrogen) atoms. The highest BCUT2D eigenvalue weighted by molar-refractivity contribution is 5.95. The zero-order chi connectivity index (χ0) is 16.9. The quantitative estimate of drug-likeness (QED) is 0.580. The molecule has 2 aromatic heterocycles. The van der Waals surface area contributed by atoms with Gasteiger partial charge in [-0.15, -0.1) is 0 Å². The second-order valence-corrected chi connectivity index (χ2v) is 5.14. The minimum atomic E-state index is -0.309. The van der Waals surface area contributed by atoms with Crippen molar-refractivity contribution in [2.24, 2.45) is 5.10 Å². The fourth-order valence-electron chi connectivity index (χ4n) is 2.47. The molecule has 0 aliphatic rings. The van der Waals surface area contributed by atoms with Crippen molar-refractivity contribution in [1.29, 1.82) is 0 Å². The number of nitrogens with zero attached hydrogens (tertiary/aromatic N) is 3. The van der Waals surface area contributed by atoms with Gasteiger partial charge in [0, 0.05) is 11.8 Å². The number of hydrogen-bond donors (Lipinski definition) is 1. The van der Waals surface area contributed by atoms with Crippen LogP contribution in [0.4, 0.5) is 0 Å². The number of rotatable bonds is 5. The highest BCUT2D eigenvalue weighted by Gasteiger charge is 2.15. The van der Waals surface area contributed by atoms with Crippen molar-refractivity contribution in [3.63, 3.8) is 0 Å². The Bertz CT molecular complexity index is 899. The molecule has 6 heteroatoms. The van der Waals surface area contributed by atoms with Crippen LogP contribution in [0.1, 0.15) is 28.7 Å². The number of amides is 1. The van der Waals surface area contributed by atoms with E-state index in [1.807, 2.05) is 49.4 Å². The second kappa shape index (κ2) is 6.95. The largest absolute Gasteiger partial charge is 0.493 e. The van der Waals surface area contributed by atoms with Gasteiger partial charge in [-0.25, -0.2) is 10.4 Å². The van der Waals surface area contributed by atoms with Crippen LogP contribution < -0.4 is 10.2 Å². The maximum atomic E-state index is 12.4. The Hall–Kier alpha value is -3.15. The molecule has 0 saturated heterocycles. The first-order valence-corrected chi connectivity index (χ1v) is 7.69. The highest BCUT2D eigenvalue weighted by Crippen LogP contribution is 2.15. The normalized spacial score (nSPS) is 11.1. The third-order valence-corrected chi connectivity index (χ3v) is 3.51. The van der Waals surface area contributed by atoms with Gasteiger partial charge in [-0.2, -0.15) is 5.10 Å². The summed E-state index contributed by atoms with van der Waals surface area (Å²) >= 11 is 0. The average Bonchev–Trinajstić information content (AvgIpc) is 2.92. The molecular formula is C18H18N4O2. The van der Waals surface area contributed by atoms with E-state index < -0.39 is 0 Å². The molecule has 3 rings (SSSR count). The van der Waals surface area contributed by atoms with Crippen LogP contribution in [0, 0.1) is 6.92 Å². The second-order valence-electron chi connectivity index (χ2n) is 5.14. The van der Waals surface area contributed by atoms with Crippen molar-refractivity contribution >= 4 is 17.8 Å². The summed E-state index contributed by atoms with van der Waals surface area (Å²) in [5.74, 6) is 0.417. The zero-order valence-corrected chi connectivity index (χ0v) is 13.6. The van der Waals surface area contributed by atoms with Gasteiger partial charge < -0.3 is 4.74 Å². The number of carbonyl (C=O) groups is 1. The van der Waals surface area contributed by atoms with Gasteiger partial charge in [-0.3, -0.25) is 9.20 Å². The number of pyridine rings is 1. The number of hydrazone groups is 1. The van der Waals surface area contributed by atoms with E-state index in [-0.39, 0.29) is 5.91 Å². The minimum Gasteiger partial charge on any atom is -0.493 e. The van der Waals surface area contributed by atoms with Crippen LogP contribution in [0.25, 0.3) is 5.65 Å². The number of aromatic nitrogens is 2. The SMILES string of the molecule is CCOc1ccccc1/C=N\NC(=O)c1c(C)nc2ccccn12. The maximum absolute atomic E-state index is 12.4. The molecule has 0 aliphatic carbocycles. The summed E-state index contributed by atoms with van der Waals surface area (Å²) in [6.07, 6.45) is 3.37. The molecule has 0 spiro atoms. The summed E-state index contributed by atoms with van der Waals surface area (Å²) < 4.78 is 7.27. The van der Waals surface area contributed by atoms with Gasteiger partial charge in [-0.05, 0) is 38.1 Å². The van der Waals surface area contributed by atoms with Gasteiger partial charge in [0.15, 0.2) is 0 Å². The number of carbonyl (C=O) groups excluding carboxylic acids is 1. The Balaban J connectivity index is 1.79. The van der Waals surface area contributed by atoms with Crippen molar-refractivity contribution in [2.75, 3.05) is 6.61 Å². The molecular weight excluding hydrogens is 304 g/mol. The predicted octanol–water partition coefficient (Wildman–Crippen LogP) is 2.81. The molecule has 0 bridgehead atoms. The molecule has 0 fully saturated rings. The van der Waals surface area contributed by atoms with Crippen molar-refractivity contribution in [1.82, 2.24) is 14.8 Å². The van der Waals surface area contributed by atoms with E-state index in [1.54, 1.807) is 23.7 Å². The third kappa shape index (κ3) is 3.12. The molecule has 1 amide bonds. The summed E-state index contributed by atoms with van der Waals surface area (Å²) in [5, 5.41) is 4.04. The molecule has 1 N–H and O–H groups in total.